The molecule has 1 amide bonds. The molecule has 10 heteroatoms. The van der Waals surface area contributed by atoms with E-state index in [0.717, 1.165) is 22.2 Å². The number of carbonyl (C=O) groups excluding carboxylic acids is 1. The van der Waals surface area contributed by atoms with E-state index in [4.69, 9.17) is 35.4 Å². The van der Waals surface area contributed by atoms with Crippen molar-refractivity contribution in [2.24, 2.45) is 0 Å². The highest BCUT2D eigenvalue weighted by molar-refractivity contribution is 8.26. The van der Waals surface area contributed by atoms with Gasteiger partial charge >= 0.3 is 0 Å². The summed E-state index contributed by atoms with van der Waals surface area (Å²) in [5, 5.41) is 2.91. The normalized spacial score (nSPS) is 16.1. The highest BCUT2D eigenvalue weighted by atomic mass is 35.5. The molecule has 0 aliphatic carbocycles. The van der Waals surface area contributed by atoms with Gasteiger partial charge < -0.3 is 0 Å². The maximum absolute atomic E-state index is 13.0. The number of hydrazine groups is 1. The third-order valence-corrected chi connectivity index (χ3v) is 7.68. The lowest BCUT2D eigenvalue weighted by Crippen LogP contribution is -2.44. The number of hydrogen-bond donors (Lipinski definition) is 1. The van der Waals surface area contributed by atoms with Gasteiger partial charge in [-0.1, -0.05) is 89.6 Å². The number of benzene rings is 3. The van der Waals surface area contributed by atoms with Gasteiger partial charge in [0.2, 0.25) is 0 Å². The summed E-state index contributed by atoms with van der Waals surface area (Å²) in [6, 6.07) is 16.9. The Balaban J connectivity index is 1.64. The molecule has 1 aliphatic heterocycles. The van der Waals surface area contributed by atoms with Gasteiger partial charge in [0.15, 0.2) is 4.32 Å². The lowest BCUT2D eigenvalue weighted by atomic mass is 10.1. The van der Waals surface area contributed by atoms with E-state index in [9.17, 15) is 13.2 Å². The zero-order chi connectivity index (χ0) is 21.5. The lowest BCUT2D eigenvalue weighted by molar-refractivity contribution is -0.123. The highest BCUT2D eigenvalue weighted by Crippen LogP contribution is 2.33. The number of halogens is 2. The fraction of sp³-hybridized carbons (Fsp3) is 0. The maximum atomic E-state index is 13.0. The number of fused-ring (bicyclic) bond motifs is 1. The van der Waals surface area contributed by atoms with Gasteiger partial charge in [-0.15, -0.1) is 4.83 Å². The number of thioether (sulfide) groups is 1. The van der Waals surface area contributed by atoms with Crippen LogP contribution in [0.4, 0.5) is 0 Å². The molecule has 1 heterocycles. The van der Waals surface area contributed by atoms with Crippen LogP contribution in [0.3, 0.4) is 0 Å². The smallest absolute Gasteiger partial charge is 0.267 e. The van der Waals surface area contributed by atoms with Crippen LogP contribution in [-0.2, 0) is 14.8 Å². The molecule has 0 atom stereocenters. The van der Waals surface area contributed by atoms with Crippen molar-refractivity contribution < 1.29 is 13.2 Å². The second kappa shape index (κ2) is 8.30. The molecule has 152 valence electrons. The predicted octanol–water partition coefficient (Wildman–Crippen LogP) is 5.24. The minimum Gasteiger partial charge on any atom is -0.267 e. The van der Waals surface area contributed by atoms with Crippen molar-refractivity contribution in [2.75, 3.05) is 0 Å². The van der Waals surface area contributed by atoms with Crippen LogP contribution < -0.4 is 4.83 Å². The quantitative estimate of drug-likeness (QED) is 0.396. The van der Waals surface area contributed by atoms with E-state index in [1.807, 2.05) is 18.2 Å². The number of carbonyl (C=O) groups is 1. The summed E-state index contributed by atoms with van der Waals surface area (Å²) in [5.41, 5.74) is 0.641. The summed E-state index contributed by atoms with van der Waals surface area (Å²) in [6.07, 6.45) is 1.58. The number of hydrogen-bond acceptors (Lipinski definition) is 5. The molecular formula is C20H12Cl2N2O3S3. The van der Waals surface area contributed by atoms with Gasteiger partial charge in [-0.2, -0.15) is 0 Å². The van der Waals surface area contributed by atoms with E-state index in [1.54, 1.807) is 42.5 Å². The van der Waals surface area contributed by atoms with Crippen LogP contribution in [0.15, 0.2) is 70.5 Å². The summed E-state index contributed by atoms with van der Waals surface area (Å²) in [5.74, 6) is -0.570. The standard InChI is InChI=1S/C20H12Cl2N2O3S3/c21-15-9-8-12(10-16(15)22)11-17-19(25)24(20(28)29-17)23-30(26,27)18-7-3-5-13-4-1-2-6-14(13)18/h1-11,23H/b17-11+. The monoisotopic (exact) mass is 494 g/mol. The Morgan fingerprint density at radius 2 is 1.73 bits per heavy atom. The topological polar surface area (TPSA) is 66.5 Å². The van der Waals surface area contributed by atoms with Gasteiger partial charge in [-0.25, -0.2) is 13.4 Å². The molecule has 1 aliphatic rings. The van der Waals surface area contributed by atoms with Crippen LogP contribution in [0.2, 0.25) is 10.0 Å². The van der Waals surface area contributed by atoms with Gasteiger partial charge in [-0.3, -0.25) is 4.79 Å². The third-order valence-electron chi connectivity index (χ3n) is 4.29. The van der Waals surface area contributed by atoms with Crippen LogP contribution >= 0.6 is 47.2 Å². The molecule has 1 saturated heterocycles. The van der Waals surface area contributed by atoms with Crippen LogP contribution in [-0.4, -0.2) is 23.7 Å². The lowest BCUT2D eigenvalue weighted by Gasteiger charge is -2.17. The zero-order valence-electron chi connectivity index (χ0n) is 15.0. The maximum Gasteiger partial charge on any atom is 0.281 e. The van der Waals surface area contributed by atoms with Crippen molar-refractivity contribution in [3.05, 3.63) is 81.2 Å². The molecule has 0 aromatic heterocycles. The average Bonchev–Trinajstić information content (AvgIpc) is 2.97. The average molecular weight is 495 g/mol. The van der Waals surface area contributed by atoms with Crippen molar-refractivity contribution in [1.82, 2.24) is 9.84 Å². The number of amides is 1. The molecule has 3 aromatic rings. The molecule has 0 saturated carbocycles. The largest absolute Gasteiger partial charge is 0.281 e. The zero-order valence-corrected chi connectivity index (χ0v) is 19.0. The Bertz CT molecular complexity index is 1330. The van der Waals surface area contributed by atoms with Crippen LogP contribution in [0.5, 0.6) is 0 Å². The van der Waals surface area contributed by atoms with Gasteiger partial charge in [-0.05, 0) is 35.2 Å². The molecule has 1 N–H and O–H groups in total. The Hall–Kier alpha value is -1.94. The second-order valence-electron chi connectivity index (χ2n) is 6.26. The van der Waals surface area contributed by atoms with Crippen molar-refractivity contribution in [1.29, 1.82) is 0 Å². The summed E-state index contributed by atoms with van der Waals surface area (Å²) < 4.78 is 26.1. The van der Waals surface area contributed by atoms with E-state index in [2.05, 4.69) is 4.83 Å². The molecule has 4 rings (SSSR count). The Morgan fingerprint density at radius 1 is 1.00 bits per heavy atom. The van der Waals surface area contributed by atoms with E-state index in [1.165, 1.54) is 6.07 Å². The van der Waals surface area contributed by atoms with Gasteiger partial charge in [0, 0.05) is 5.39 Å². The first-order valence-corrected chi connectivity index (χ1v) is 12.0. The SMILES string of the molecule is O=C1/C(=C\c2ccc(Cl)c(Cl)c2)SC(=S)N1NS(=O)(=O)c1cccc2ccccc12. The first-order chi connectivity index (χ1) is 14.3. The summed E-state index contributed by atoms with van der Waals surface area (Å²) >= 11 is 18.1. The summed E-state index contributed by atoms with van der Waals surface area (Å²) in [4.78, 5) is 15.4. The van der Waals surface area contributed by atoms with Crippen molar-refractivity contribution in [3.63, 3.8) is 0 Å². The minimum atomic E-state index is -4.06. The number of sulfonamides is 1. The first kappa shape index (κ1) is 21.3. The fourth-order valence-electron chi connectivity index (χ4n) is 2.90. The van der Waals surface area contributed by atoms with E-state index < -0.39 is 15.9 Å². The Labute approximate surface area is 192 Å². The van der Waals surface area contributed by atoms with Gasteiger partial charge in [0.1, 0.15) is 0 Å². The number of thiocarbonyl (C=S) groups is 1. The van der Waals surface area contributed by atoms with Crippen molar-refractivity contribution >= 4 is 84.3 Å². The molecule has 30 heavy (non-hydrogen) atoms. The molecular weight excluding hydrogens is 483 g/mol. The molecule has 5 nitrogen and oxygen atoms in total. The second-order valence-corrected chi connectivity index (χ2v) is 10.4. The van der Waals surface area contributed by atoms with Crippen LogP contribution in [0.25, 0.3) is 16.8 Å². The molecule has 0 bridgehead atoms. The highest BCUT2D eigenvalue weighted by Gasteiger charge is 2.36. The minimum absolute atomic E-state index is 0.0584. The van der Waals surface area contributed by atoms with Gasteiger partial charge in [0.25, 0.3) is 15.9 Å². The van der Waals surface area contributed by atoms with E-state index in [-0.39, 0.29) is 14.1 Å². The fourth-order valence-corrected chi connectivity index (χ4v) is 5.75. The van der Waals surface area contributed by atoms with Crippen molar-refractivity contribution in [2.45, 2.75) is 4.90 Å². The number of nitrogens with one attached hydrogen (secondary N) is 1. The number of nitrogens with zero attached hydrogens (tertiary/aromatic N) is 1. The Kier molecular flexibility index (Phi) is 5.89. The molecule has 0 unspecified atom stereocenters. The molecule has 0 spiro atoms. The first-order valence-electron chi connectivity index (χ1n) is 8.49. The van der Waals surface area contributed by atoms with E-state index in [0.29, 0.717) is 21.0 Å². The van der Waals surface area contributed by atoms with Crippen LogP contribution in [0, 0.1) is 0 Å². The van der Waals surface area contributed by atoms with E-state index >= 15 is 0 Å². The number of rotatable bonds is 4. The van der Waals surface area contributed by atoms with Crippen molar-refractivity contribution in [3.8, 4) is 0 Å². The van der Waals surface area contributed by atoms with Gasteiger partial charge in [0.05, 0.1) is 19.8 Å². The molecule has 1 fully saturated rings. The summed E-state index contributed by atoms with van der Waals surface area (Å²) in [6.45, 7) is 0. The molecule has 0 radical (unpaired) electrons. The predicted molar refractivity (Wildman–Crippen MR) is 126 cm³/mol. The summed E-state index contributed by atoms with van der Waals surface area (Å²) in [7, 11) is -4.06. The third kappa shape index (κ3) is 4.12. The molecule has 3 aromatic carbocycles. The van der Waals surface area contributed by atoms with Crippen LogP contribution in [0.1, 0.15) is 5.56 Å². The Morgan fingerprint density at radius 3 is 2.50 bits per heavy atom.